The van der Waals surface area contributed by atoms with Gasteiger partial charge in [0.25, 0.3) is 5.91 Å². The van der Waals surface area contributed by atoms with Gasteiger partial charge in [0.1, 0.15) is 17.5 Å². The molecular weight excluding hydrogens is 206 g/mol. The van der Waals surface area contributed by atoms with Gasteiger partial charge in [-0.25, -0.2) is 15.0 Å². The topological polar surface area (TPSA) is 76.5 Å². The summed E-state index contributed by atoms with van der Waals surface area (Å²) in [5.74, 6) is -0.242. The summed E-state index contributed by atoms with van der Waals surface area (Å²) in [4.78, 5) is 26.9. The summed E-state index contributed by atoms with van der Waals surface area (Å²) >= 11 is 0. The molecule has 0 aliphatic carbocycles. The van der Waals surface area contributed by atoms with Crippen molar-refractivity contribution in [1.82, 2.24) is 24.5 Å². The number of nitrogens with one attached hydrogen (secondary N) is 1. The van der Waals surface area contributed by atoms with E-state index in [2.05, 4.69) is 19.9 Å². The van der Waals surface area contributed by atoms with E-state index in [-0.39, 0.29) is 5.91 Å². The second kappa shape index (κ2) is 3.27. The predicted octanol–water partition coefficient (Wildman–Crippen LogP) is 0.843. The first-order valence-electron chi connectivity index (χ1n) is 4.67. The minimum Gasteiger partial charge on any atom is -0.345 e. The molecule has 0 unspecified atom stereocenters. The van der Waals surface area contributed by atoms with Gasteiger partial charge in [0, 0.05) is 18.6 Å². The Labute approximate surface area is 90.0 Å². The molecule has 0 aliphatic heterocycles. The van der Waals surface area contributed by atoms with Crippen molar-refractivity contribution >= 4 is 17.1 Å². The SMILES string of the molecule is O=C(c1cnc2[nH]ccc2n1)n1ccnc1. The van der Waals surface area contributed by atoms with Gasteiger partial charge >= 0.3 is 0 Å². The van der Waals surface area contributed by atoms with Gasteiger partial charge in [-0.3, -0.25) is 9.36 Å². The number of imidazole rings is 1. The van der Waals surface area contributed by atoms with Crippen LogP contribution < -0.4 is 0 Å². The maximum atomic E-state index is 11.9. The summed E-state index contributed by atoms with van der Waals surface area (Å²) in [6.45, 7) is 0. The molecule has 0 bridgehead atoms. The Kier molecular flexibility index (Phi) is 1.79. The highest BCUT2D eigenvalue weighted by atomic mass is 16.2. The van der Waals surface area contributed by atoms with Crippen LogP contribution in [0.2, 0.25) is 0 Å². The Bertz CT molecular complexity index is 640. The monoisotopic (exact) mass is 213 g/mol. The van der Waals surface area contributed by atoms with E-state index in [4.69, 9.17) is 0 Å². The zero-order chi connectivity index (χ0) is 11.0. The average Bonchev–Trinajstić information content (AvgIpc) is 2.98. The molecule has 3 aromatic heterocycles. The van der Waals surface area contributed by atoms with Gasteiger partial charge in [-0.1, -0.05) is 0 Å². The molecule has 1 N–H and O–H groups in total. The number of nitrogens with zero attached hydrogens (tertiary/aromatic N) is 4. The summed E-state index contributed by atoms with van der Waals surface area (Å²) in [5.41, 5.74) is 1.64. The molecule has 0 aromatic carbocycles. The van der Waals surface area contributed by atoms with E-state index >= 15 is 0 Å². The molecule has 3 aromatic rings. The Balaban J connectivity index is 2.09. The first-order chi connectivity index (χ1) is 7.84. The van der Waals surface area contributed by atoms with E-state index < -0.39 is 0 Å². The highest BCUT2D eigenvalue weighted by Crippen LogP contribution is 2.07. The Morgan fingerprint density at radius 1 is 1.44 bits per heavy atom. The zero-order valence-corrected chi connectivity index (χ0v) is 8.16. The van der Waals surface area contributed by atoms with Crippen LogP contribution in [0.25, 0.3) is 11.2 Å². The molecule has 0 saturated carbocycles. The Morgan fingerprint density at radius 3 is 3.19 bits per heavy atom. The third-order valence-electron chi connectivity index (χ3n) is 2.22. The molecular formula is C10H7N5O. The van der Waals surface area contributed by atoms with E-state index in [1.165, 1.54) is 17.1 Å². The molecule has 0 radical (unpaired) electrons. The summed E-state index contributed by atoms with van der Waals surface area (Å²) in [6, 6.07) is 1.77. The molecule has 6 heteroatoms. The van der Waals surface area contributed by atoms with Crippen LogP contribution in [0, 0.1) is 0 Å². The molecule has 0 atom stereocenters. The average molecular weight is 213 g/mol. The number of hydrogen-bond donors (Lipinski definition) is 1. The summed E-state index contributed by atoms with van der Waals surface area (Å²) in [5, 5.41) is 0. The van der Waals surface area contributed by atoms with Gasteiger partial charge in [-0.05, 0) is 6.07 Å². The molecule has 0 saturated heterocycles. The number of aromatic nitrogens is 5. The van der Waals surface area contributed by atoms with E-state index in [9.17, 15) is 4.79 Å². The number of fused-ring (bicyclic) bond motifs is 1. The first-order valence-corrected chi connectivity index (χ1v) is 4.67. The fourth-order valence-corrected chi connectivity index (χ4v) is 1.44. The van der Waals surface area contributed by atoms with Crippen molar-refractivity contribution < 1.29 is 4.79 Å². The lowest BCUT2D eigenvalue weighted by Gasteiger charge is -1.99. The molecule has 16 heavy (non-hydrogen) atoms. The largest absolute Gasteiger partial charge is 0.345 e. The zero-order valence-electron chi connectivity index (χ0n) is 8.16. The van der Waals surface area contributed by atoms with Gasteiger partial charge in [0.15, 0.2) is 5.65 Å². The van der Waals surface area contributed by atoms with Crippen LogP contribution in [-0.4, -0.2) is 30.4 Å². The molecule has 0 spiro atoms. The fraction of sp³-hybridized carbons (Fsp3) is 0. The van der Waals surface area contributed by atoms with Gasteiger partial charge in [0.05, 0.1) is 6.20 Å². The summed E-state index contributed by atoms with van der Waals surface area (Å²) < 4.78 is 1.36. The fourth-order valence-electron chi connectivity index (χ4n) is 1.44. The number of carbonyl (C=O) groups is 1. The van der Waals surface area contributed by atoms with Crippen LogP contribution in [0.4, 0.5) is 0 Å². The quantitative estimate of drug-likeness (QED) is 0.649. The molecule has 3 rings (SSSR count). The standard InChI is InChI=1S/C10H7N5O/c16-10(15-4-3-11-6-15)8-5-13-9-7(14-8)1-2-12-9/h1-6H,(H,12,13). The van der Waals surface area contributed by atoms with Crippen LogP contribution in [0.15, 0.2) is 37.2 Å². The maximum Gasteiger partial charge on any atom is 0.283 e. The molecule has 78 valence electrons. The third kappa shape index (κ3) is 1.28. The van der Waals surface area contributed by atoms with Gasteiger partial charge in [-0.2, -0.15) is 0 Å². The van der Waals surface area contributed by atoms with Gasteiger partial charge in [0.2, 0.25) is 0 Å². The third-order valence-corrected chi connectivity index (χ3v) is 2.22. The Hall–Kier alpha value is -2.50. The highest BCUT2D eigenvalue weighted by molar-refractivity contribution is 5.95. The lowest BCUT2D eigenvalue weighted by atomic mass is 10.4. The van der Waals surface area contributed by atoms with E-state index in [0.717, 1.165) is 0 Å². The lowest BCUT2D eigenvalue weighted by molar-refractivity contribution is 0.0955. The number of rotatable bonds is 1. The summed E-state index contributed by atoms with van der Waals surface area (Å²) in [6.07, 6.45) is 7.73. The van der Waals surface area contributed by atoms with Crippen molar-refractivity contribution in [3.8, 4) is 0 Å². The molecule has 3 heterocycles. The van der Waals surface area contributed by atoms with Crippen LogP contribution in [0.5, 0.6) is 0 Å². The lowest BCUT2D eigenvalue weighted by Crippen LogP contribution is -2.12. The van der Waals surface area contributed by atoms with E-state index in [1.54, 1.807) is 24.7 Å². The van der Waals surface area contributed by atoms with Crippen LogP contribution in [-0.2, 0) is 0 Å². The minimum absolute atomic E-state index is 0.242. The van der Waals surface area contributed by atoms with Crippen molar-refractivity contribution in [2.24, 2.45) is 0 Å². The van der Waals surface area contributed by atoms with Crippen molar-refractivity contribution in [1.29, 1.82) is 0 Å². The number of carbonyl (C=O) groups excluding carboxylic acids is 1. The van der Waals surface area contributed by atoms with Crippen LogP contribution in [0.1, 0.15) is 10.5 Å². The highest BCUT2D eigenvalue weighted by Gasteiger charge is 2.10. The number of H-pyrrole nitrogens is 1. The maximum absolute atomic E-state index is 11.9. The van der Waals surface area contributed by atoms with Crippen molar-refractivity contribution in [2.75, 3.05) is 0 Å². The molecule has 6 nitrogen and oxygen atoms in total. The normalized spacial score (nSPS) is 10.8. The first kappa shape index (κ1) is 8.78. The van der Waals surface area contributed by atoms with Crippen molar-refractivity contribution in [2.45, 2.75) is 0 Å². The summed E-state index contributed by atoms with van der Waals surface area (Å²) in [7, 11) is 0. The second-order valence-electron chi connectivity index (χ2n) is 3.24. The van der Waals surface area contributed by atoms with Crippen LogP contribution in [0.3, 0.4) is 0 Å². The number of hydrogen-bond acceptors (Lipinski definition) is 4. The minimum atomic E-state index is -0.242. The van der Waals surface area contributed by atoms with E-state index in [0.29, 0.717) is 16.9 Å². The van der Waals surface area contributed by atoms with Crippen molar-refractivity contribution in [3.63, 3.8) is 0 Å². The van der Waals surface area contributed by atoms with Crippen LogP contribution >= 0.6 is 0 Å². The van der Waals surface area contributed by atoms with Gasteiger partial charge in [-0.15, -0.1) is 0 Å². The second-order valence-corrected chi connectivity index (χ2v) is 3.24. The molecule has 0 amide bonds. The Morgan fingerprint density at radius 2 is 2.38 bits per heavy atom. The smallest absolute Gasteiger partial charge is 0.283 e. The molecule has 0 fully saturated rings. The molecule has 0 aliphatic rings. The number of aromatic amines is 1. The van der Waals surface area contributed by atoms with Crippen molar-refractivity contribution in [3.05, 3.63) is 42.9 Å². The van der Waals surface area contributed by atoms with Gasteiger partial charge < -0.3 is 4.98 Å². The predicted molar refractivity (Wildman–Crippen MR) is 55.8 cm³/mol. The van der Waals surface area contributed by atoms with E-state index in [1.807, 2.05) is 0 Å².